The number of piperidine rings is 1. The van der Waals surface area contributed by atoms with E-state index in [1.807, 2.05) is 0 Å². The number of nitrogens with zero attached hydrogens (tertiary/aromatic N) is 1. The van der Waals surface area contributed by atoms with Crippen LogP contribution in [0.25, 0.3) is 0 Å². The summed E-state index contributed by atoms with van der Waals surface area (Å²) in [4.78, 5) is 10.8. The Balaban J connectivity index is 2.48. The molecule has 0 radical (unpaired) electrons. The highest BCUT2D eigenvalue weighted by Gasteiger charge is 2.30. The van der Waals surface area contributed by atoms with Gasteiger partial charge in [-0.2, -0.15) is 0 Å². The van der Waals surface area contributed by atoms with Crippen LogP contribution in [0.15, 0.2) is 0 Å². The molecule has 0 saturated carbocycles. The number of rotatable bonds is 7. The summed E-state index contributed by atoms with van der Waals surface area (Å²) in [7, 11) is -6.95. The van der Waals surface area contributed by atoms with Crippen LogP contribution in [0.3, 0.4) is 0 Å². The second-order valence-corrected chi connectivity index (χ2v) is 8.81. The third kappa shape index (κ3) is 5.00. The lowest BCUT2D eigenvalue weighted by Gasteiger charge is -2.29. The number of nitrogens with one attached hydrogen (secondary N) is 1. The van der Waals surface area contributed by atoms with Gasteiger partial charge in [0.1, 0.15) is 0 Å². The number of carboxylic acid groups (broad SMARTS) is 1. The van der Waals surface area contributed by atoms with Gasteiger partial charge in [0.25, 0.3) is 0 Å². The smallest absolute Gasteiger partial charge is 0.306 e. The number of hydrogen-bond donors (Lipinski definition) is 2. The molecule has 1 saturated heterocycles. The van der Waals surface area contributed by atoms with Crippen LogP contribution in [0.5, 0.6) is 0 Å². The highest BCUT2D eigenvalue weighted by atomic mass is 32.2. The van der Waals surface area contributed by atoms with Gasteiger partial charge in [0.15, 0.2) is 0 Å². The van der Waals surface area contributed by atoms with Gasteiger partial charge < -0.3 is 5.11 Å². The van der Waals surface area contributed by atoms with E-state index in [1.54, 1.807) is 0 Å². The lowest BCUT2D eigenvalue weighted by Crippen LogP contribution is -2.43. The molecule has 0 amide bonds. The molecular formula is C10H20N2O6S2. The van der Waals surface area contributed by atoms with Gasteiger partial charge in [-0.15, -0.1) is 0 Å². The Labute approximate surface area is 119 Å². The zero-order valence-corrected chi connectivity index (χ0v) is 12.9. The molecule has 0 aliphatic carbocycles. The fourth-order valence-corrected chi connectivity index (χ4v) is 4.07. The summed E-state index contributed by atoms with van der Waals surface area (Å²) in [5, 5.41) is 8.84. The Bertz CT molecular complexity index is 534. The van der Waals surface area contributed by atoms with E-state index in [9.17, 15) is 21.6 Å². The van der Waals surface area contributed by atoms with Crippen LogP contribution in [0.1, 0.15) is 19.8 Å². The number of sulfonamides is 2. The molecule has 0 spiro atoms. The molecule has 0 unspecified atom stereocenters. The van der Waals surface area contributed by atoms with E-state index < -0.39 is 31.9 Å². The standard InChI is InChI=1S/C10H20N2O6S2/c1-2-19(15,16)11-5-8-20(17,18)12-6-3-9(4-7-12)10(13)14/h9,11H,2-8H2,1H3,(H,13,14). The largest absolute Gasteiger partial charge is 0.481 e. The van der Waals surface area contributed by atoms with Gasteiger partial charge in [-0.05, 0) is 19.8 Å². The molecule has 0 aromatic heterocycles. The van der Waals surface area contributed by atoms with E-state index in [0.717, 1.165) is 0 Å². The molecule has 1 fully saturated rings. The van der Waals surface area contributed by atoms with Gasteiger partial charge in [0, 0.05) is 19.6 Å². The van der Waals surface area contributed by atoms with E-state index in [-0.39, 0.29) is 44.0 Å². The molecule has 0 aromatic carbocycles. The van der Waals surface area contributed by atoms with Gasteiger partial charge in [-0.25, -0.2) is 25.9 Å². The lowest BCUT2D eigenvalue weighted by atomic mass is 9.99. The Hall–Kier alpha value is -0.710. The van der Waals surface area contributed by atoms with Crippen LogP contribution < -0.4 is 4.72 Å². The third-order valence-corrected chi connectivity index (χ3v) is 6.53. The zero-order chi connectivity index (χ0) is 15.4. The van der Waals surface area contributed by atoms with Crippen molar-refractivity contribution in [2.75, 3.05) is 31.1 Å². The fraction of sp³-hybridized carbons (Fsp3) is 0.900. The molecular weight excluding hydrogens is 308 g/mol. The van der Waals surface area contributed by atoms with Crippen molar-refractivity contribution in [3.05, 3.63) is 0 Å². The summed E-state index contributed by atoms with van der Waals surface area (Å²) in [5.74, 6) is -1.82. The fourth-order valence-electron chi connectivity index (χ4n) is 1.94. The molecule has 0 bridgehead atoms. The van der Waals surface area contributed by atoms with Crippen molar-refractivity contribution in [2.24, 2.45) is 5.92 Å². The highest BCUT2D eigenvalue weighted by Crippen LogP contribution is 2.19. The summed E-state index contributed by atoms with van der Waals surface area (Å²) >= 11 is 0. The van der Waals surface area contributed by atoms with E-state index in [4.69, 9.17) is 5.11 Å². The van der Waals surface area contributed by atoms with Gasteiger partial charge in [0.2, 0.25) is 20.0 Å². The van der Waals surface area contributed by atoms with E-state index in [2.05, 4.69) is 4.72 Å². The van der Waals surface area contributed by atoms with Gasteiger partial charge >= 0.3 is 5.97 Å². The Morgan fingerprint density at radius 3 is 2.25 bits per heavy atom. The minimum atomic E-state index is -3.55. The van der Waals surface area contributed by atoms with E-state index >= 15 is 0 Å². The molecule has 2 N–H and O–H groups in total. The first-order chi connectivity index (χ1) is 9.18. The van der Waals surface area contributed by atoms with Crippen molar-refractivity contribution < 1.29 is 26.7 Å². The van der Waals surface area contributed by atoms with Crippen molar-refractivity contribution in [3.8, 4) is 0 Å². The van der Waals surface area contributed by atoms with Crippen LogP contribution in [0.2, 0.25) is 0 Å². The molecule has 1 heterocycles. The minimum absolute atomic E-state index is 0.100. The van der Waals surface area contributed by atoms with Crippen LogP contribution >= 0.6 is 0 Å². The predicted molar refractivity (Wildman–Crippen MR) is 73.2 cm³/mol. The molecule has 1 aliphatic heterocycles. The molecule has 1 aliphatic rings. The summed E-state index contributed by atoms with van der Waals surface area (Å²) < 4.78 is 49.8. The lowest BCUT2D eigenvalue weighted by molar-refractivity contribution is -0.142. The van der Waals surface area contributed by atoms with Crippen molar-refractivity contribution in [3.63, 3.8) is 0 Å². The van der Waals surface area contributed by atoms with Crippen molar-refractivity contribution in [1.29, 1.82) is 0 Å². The molecule has 0 atom stereocenters. The summed E-state index contributed by atoms with van der Waals surface area (Å²) in [6.07, 6.45) is 0.574. The zero-order valence-electron chi connectivity index (χ0n) is 11.3. The summed E-state index contributed by atoms with van der Waals surface area (Å²) in [6.45, 7) is 1.63. The maximum atomic E-state index is 12.0. The molecule has 118 valence electrons. The number of hydrogen-bond acceptors (Lipinski definition) is 5. The average Bonchev–Trinajstić information content (AvgIpc) is 2.38. The van der Waals surface area contributed by atoms with E-state index in [1.165, 1.54) is 11.2 Å². The molecule has 20 heavy (non-hydrogen) atoms. The summed E-state index contributed by atoms with van der Waals surface area (Å²) in [6, 6.07) is 0. The highest BCUT2D eigenvalue weighted by molar-refractivity contribution is 7.90. The van der Waals surface area contributed by atoms with Gasteiger partial charge in [-0.3, -0.25) is 4.79 Å². The predicted octanol–water partition coefficient (Wildman–Crippen LogP) is -0.948. The van der Waals surface area contributed by atoms with Gasteiger partial charge in [-0.1, -0.05) is 0 Å². The first-order valence-electron chi connectivity index (χ1n) is 6.36. The van der Waals surface area contributed by atoms with Crippen LogP contribution in [0.4, 0.5) is 0 Å². The van der Waals surface area contributed by atoms with Crippen molar-refractivity contribution in [2.45, 2.75) is 19.8 Å². The number of aliphatic carboxylic acids is 1. The molecule has 1 rings (SSSR count). The maximum absolute atomic E-state index is 12.0. The second kappa shape index (κ2) is 6.83. The maximum Gasteiger partial charge on any atom is 0.306 e. The molecule has 8 nitrogen and oxygen atoms in total. The van der Waals surface area contributed by atoms with Crippen LogP contribution in [-0.2, 0) is 24.8 Å². The summed E-state index contributed by atoms with van der Waals surface area (Å²) in [5.41, 5.74) is 0. The van der Waals surface area contributed by atoms with Crippen molar-refractivity contribution in [1.82, 2.24) is 9.03 Å². The molecule has 0 aromatic rings. The van der Waals surface area contributed by atoms with Gasteiger partial charge in [0.05, 0.1) is 17.4 Å². The average molecular weight is 328 g/mol. The Morgan fingerprint density at radius 1 is 1.25 bits per heavy atom. The Kier molecular flexibility index (Phi) is 5.92. The monoisotopic (exact) mass is 328 g/mol. The van der Waals surface area contributed by atoms with E-state index in [0.29, 0.717) is 0 Å². The first kappa shape index (κ1) is 17.3. The minimum Gasteiger partial charge on any atom is -0.481 e. The topological polar surface area (TPSA) is 121 Å². The Morgan fingerprint density at radius 2 is 1.80 bits per heavy atom. The van der Waals surface area contributed by atoms with Crippen molar-refractivity contribution >= 4 is 26.0 Å². The van der Waals surface area contributed by atoms with Crippen LogP contribution in [-0.4, -0.2) is 63.4 Å². The first-order valence-corrected chi connectivity index (χ1v) is 9.62. The number of carbonyl (C=O) groups is 1. The number of carboxylic acids is 1. The molecule has 10 heteroatoms. The normalized spacial score (nSPS) is 19.1. The van der Waals surface area contributed by atoms with Crippen LogP contribution in [0, 0.1) is 5.92 Å². The second-order valence-electron chi connectivity index (χ2n) is 4.63. The quantitative estimate of drug-likeness (QED) is 0.622. The SMILES string of the molecule is CCS(=O)(=O)NCCS(=O)(=O)N1CCC(C(=O)O)CC1. The third-order valence-electron chi connectivity index (χ3n) is 3.26.